The third-order valence-corrected chi connectivity index (χ3v) is 4.67. The van der Waals surface area contributed by atoms with E-state index in [-0.39, 0.29) is 19.5 Å². The predicted molar refractivity (Wildman–Crippen MR) is 86.3 cm³/mol. The molecule has 1 aromatic heterocycles. The SMILES string of the molecule is O=C(Nc1nc2cc3c(cc2s1)OCO3)c1ccc2c(c1)OCO2. The summed E-state index contributed by atoms with van der Waals surface area (Å²) in [7, 11) is 0. The first-order chi connectivity index (χ1) is 11.8. The summed E-state index contributed by atoms with van der Waals surface area (Å²) >= 11 is 1.38. The summed E-state index contributed by atoms with van der Waals surface area (Å²) < 4.78 is 22.1. The van der Waals surface area contributed by atoms with E-state index in [0.29, 0.717) is 33.7 Å². The van der Waals surface area contributed by atoms with Crippen molar-refractivity contribution in [3.8, 4) is 23.0 Å². The van der Waals surface area contributed by atoms with Crippen molar-refractivity contribution in [2.75, 3.05) is 18.9 Å². The van der Waals surface area contributed by atoms with Crippen LogP contribution in [0.15, 0.2) is 30.3 Å². The van der Waals surface area contributed by atoms with Crippen LogP contribution in [0.25, 0.3) is 10.2 Å². The van der Waals surface area contributed by atoms with Gasteiger partial charge >= 0.3 is 0 Å². The van der Waals surface area contributed by atoms with Crippen LogP contribution in [0.1, 0.15) is 10.4 Å². The maximum absolute atomic E-state index is 12.4. The van der Waals surface area contributed by atoms with Gasteiger partial charge in [0.2, 0.25) is 13.6 Å². The summed E-state index contributed by atoms with van der Waals surface area (Å²) in [4.78, 5) is 16.8. The number of rotatable bonds is 2. The van der Waals surface area contributed by atoms with Crippen molar-refractivity contribution in [3.63, 3.8) is 0 Å². The Morgan fingerprint density at radius 3 is 2.50 bits per heavy atom. The number of nitrogens with one attached hydrogen (secondary N) is 1. The molecule has 0 atom stereocenters. The Morgan fingerprint density at radius 1 is 0.958 bits per heavy atom. The molecule has 1 N–H and O–H groups in total. The van der Waals surface area contributed by atoms with Gasteiger partial charge in [0.05, 0.1) is 10.2 Å². The van der Waals surface area contributed by atoms with Crippen LogP contribution in [0.3, 0.4) is 0 Å². The minimum atomic E-state index is -0.257. The molecule has 0 saturated carbocycles. The smallest absolute Gasteiger partial charge is 0.257 e. The molecule has 5 rings (SSSR count). The minimum absolute atomic E-state index is 0.174. The second-order valence-electron chi connectivity index (χ2n) is 5.21. The third-order valence-electron chi connectivity index (χ3n) is 3.74. The monoisotopic (exact) mass is 342 g/mol. The van der Waals surface area contributed by atoms with Crippen molar-refractivity contribution in [2.45, 2.75) is 0 Å². The van der Waals surface area contributed by atoms with Gasteiger partial charge in [-0.15, -0.1) is 0 Å². The molecule has 3 aromatic rings. The summed E-state index contributed by atoms with van der Waals surface area (Å²) in [6.07, 6.45) is 0. The lowest BCUT2D eigenvalue weighted by molar-refractivity contribution is 0.102. The van der Waals surface area contributed by atoms with Gasteiger partial charge in [-0.1, -0.05) is 11.3 Å². The van der Waals surface area contributed by atoms with E-state index in [1.165, 1.54) is 11.3 Å². The van der Waals surface area contributed by atoms with Gasteiger partial charge in [-0.05, 0) is 18.2 Å². The average Bonchev–Trinajstić information content (AvgIpc) is 3.29. The summed E-state index contributed by atoms with van der Waals surface area (Å²) in [5.74, 6) is 2.31. The predicted octanol–water partition coefficient (Wildman–Crippen LogP) is 3.01. The first-order valence-corrected chi connectivity index (χ1v) is 7.99. The molecular weight excluding hydrogens is 332 g/mol. The number of carbonyl (C=O) groups excluding carboxylic acids is 1. The fourth-order valence-corrected chi connectivity index (χ4v) is 3.45. The Labute approximate surface area is 139 Å². The molecule has 0 spiro atoms. The normalized spacial score (nSPS) is 14.2. The van der Waals surface area contributed by atoms with E-state index < -0.39 is 0 Å². The molecular formula is C16H10N2O5S. The minimum Gasteiger partial charge on any atom is -0.454 e. The van der Waals surface area contributed by atoms with E-state index in [4.69, 9.17) is 18.9 Å². The van der Waals surface area contributed by atoms with Crippen molar-refractivity contribution in [1.29, 1.82) is 0 Å². The second-order valence-corrected chi connectivity index (χ2v) is 6.25. The van der Waals surface area contributed by atoms with Gasteiger partial charge in [-0.2, -0.15) is 0 Å². The van der Waals surface area contributed by atoms with E-state index >= 15 is 0 Å². The Morgan fingerprint density at radius 2 is 1.67 bits per heavy atom. The highest BCUT2D eigenvalue weighted by Crippen LogP contribution is 2.39. The van der Waals surface area contributed by atoms with Crippen LogP contribution in [0.4, 0.5) is 5.13 Å². The summed E-state index contributed by atoms with van der Waals surface area (Å²) in [6.45, 7) is 0.396. The zero-order valence-electron chi connectivity index (χ0n) is 12.2. The molecule has 2 aromatic carbocycles. The van der Waals surface area contributed by atoms with Gasteiger partial charge in [0.15, 0.2) is 28.1 Å². The van der Waals surface area contributed by atoms with Crippen LogP contribution in [-0.4, -0.2) is 24.5 Å². The molecule has 0 unspecified atom stereocenters. The lowest BCUT2D eigenvalue weighted by Crippen LogP contribution is -2.11. The van der Waals surface area contributed by atoms with Crippen molar-refractivity contribution in [1.82, 2.24) is 4.98 Å². The van der Waals surface area contributed by atoms with Crippen LogP contribution in [0.5, 0.6) is 23.0 Å². The molecule has 2 aliphatic rings. The van der Waals surface area contributed by atoms with Crippen LogP contribution in [0.2, 0.25) is 0 Å². The summed E-state index contributed by atoms with van der Waals surface area (Å²) in [5.41, 5.74) is 1.23. The number of anilines is 1. The van der Waals surface area contributed by atoms with Gasteiger partial charge in [0.25, 0.3) is 5.91 Å². The van der Waals surface area contributed by atoms with Crippen LogP contribution in [0, 0.1) is 0 Å². The Kier molecular flexibility index (Phi) is 2.80. The average molecular weight is 342 g/mol. The molecule has 8 heteroatoms. The number of aromatic nitrogens is 1. The van der Waals surface area contributed by atoms with Crippen molar-refractivity contribution < 1.29 is 23.7 Å². The highest BCUT2D eigenvalue weighted by Gasteiger charge is 2.19. The van der Waals surface area contributed by atoms with Crippen LogP contribution in [-0.2, 0) is 0 Å². The van der Waals surface area contributed by atoms with Gasteiger partial charge in [-0.25, -0.2) is 4.98 Å². The molecule has 2 aliphatic heterocycles. The summed E-state index contributed by atoms with van der Waals surface area (Å²) in [6, 6.07) is 8.73. The standard InChI is InChI=1S/C16H10N2O5S/c19-15(8-1-2-10-11(3-8)21-6-20-10)18-16-17-9-4-12-13(23-7-22-12)5-14(9)24-16/h1-5H,6-7H2,(H,17,18,19). The van der Waals surface area contributed by atoms with Gasteiger partial charge in [-0.3, -0.25) is 10.1 Å². The zero-order chi connectivity index (χ0) is 16.1. The zero-order valence-corrected chi connectivity index (χ0v) is 13.0. The molecule has 0 fully saturated rings. The number of nitrogens with zero attached hydrogens (tertiary/aromatic N) is 1. The van der Waals surface area contributed by atoms with Gasteiger partial charge in [0.1, 0.15) is 0 Å². The fourth-order valence-electron chi connectivity index (χ4n) is 2.58. The summed E-state index contributed by atoms with van der Waals surface area (Å²) in [5, 5.41) is 3.31. The lowest BCUT2D eigenvalue weighted by Gasteiger charge is -2.02. The number of hydrogen-bond donors (Lipinski definition) is 1. The maximum Gasteiger partial charge on any atom is 0.257 e. The number of benzene rings is 2. The number of carbonyl (C=O) groups is 1. The van der Waals surface area contributed by atoms with Crippen molar-refractivity contribution >= 4 is 32.6 Å². The van der Waals surface area contributed by atoms with E-state index in [2.05, 4.69) is 10.3 Å². The number of amides is 1. The number of thiazole rings is 1. The van der Waals surface area contributed by atoms with E-state index in [1.807, 2.05) is 12.1 Å². The quantitative estimate of drug-likeness (QED) is 0.771. The molecule has 3 heterocycles. The van der Waals surface area contributed by atoms with E-state index in [1.54, 1.807) is 18.2 Å². The third kappa shape index (κ3) is 2.11. The highest BCUT2D eigenvalue weighted by molar-refractivity contribution is 7.22. The molecule has 24 heavy (non-hydrogen) atoms. The van der Waals surface area contributed by atoms with Crippen LogP contribution < -0.4 is 24.3 Å². The van der Waals surface area contributed by atoms with Crippen LogP contribution >= 0.6 is 11.3 Å². The Hall–Kier alpha value is -3.00. The molecule has 0 aliphatic carbocycles. The highest BCUT2D eigenvalue weighted by atomic mass is 32.1. The largest absolute Gasteiger partial charge is 0.454 e. The molecule has 0 bridgehead atoms. The first kappa shape index (κ1) is 13.4. The first-order valence-electron chi connectivity index (χ1n) is 7.17. The molecule has 0 radical (unpaired) electrons. The van der Waals surface area contributed by atoms with E-state index in [0.717, 1.165) is 10.2 Å². The van der Waals surface area contributed by atoms with Gasteiger partial charge in [0, 0.05) is 17.7 Å². The lowest BCUT2D eigenvalue weighted by atomic mass is 10.2. The topological polar surface area (TPSA) is 78.9 Å². The number of hydrogen-bond acceptors (Lipinski definition) is 7. The Balaban J connectivity index is 1.43. The second kappa shape index (κ2) is 5.00. The van der Waals surface area contributed by atoms with Crippen molar-refractivity contribution in [2.24, 2.45) is 0 Å². The van der Waals surface area contributed by atoms with Crippen molar-refractivity contribution in [3.05, 3.63) is 35.9 Å². The molecule has 120 valence electrons. The number of fused-ring (bicyclic) bond motifs is 3. The maximum atomic E-state index is 12.4. The Bertz CT molecular complexity index is 943. The molecule has 0 saturated heterocycles. The van der Waals surface area contributed by atoms with E-state index in [9.17, 15) is 4.79 Å². The molecule has 1 amide bonds. The number of ether oxygens (including phenoxy) is 4. The van der Waals surface area contributed by atoms with Gasteiger partial charge < -0.3 is 18.9 Å². The molecule has 7 nitrogen and oxygen atoms in total. The fraction of sp³-hybridized carbons (Fsp3) is 0.125.